The molecule has 0 aromatic carbocycles. The summed E-state index contributed by atoms with van der Waals surface area (Å²) in [6.07, 6.45) is -12.0. The number of aliphatic hydroxyl groups is 8. The van der Waals surface area contributed by atoms with Gasteiger partial charge in [0, 0.05) is 0 Å². The summed E-state index contributed by atoms with van der Waals surface area (Å²) in [6.45, 7) is -2.05. The van der Waals surface area contributed by atoms with Crippen LogP contribution in [0.15, 0.2) is 0 Å². The van der Waals surface area contributed by atoms with Crippen LogP contribution in [0.2, 0.25) is 0 Å². The van der Waals surface area contributed by atoms with Gasteiger partial charge in [0.25, 0.3) is 0 Å². The molecule has 2 rings (SSSR count). The molecule has 23 heavy (non-hydrogen) atoms. The van der Waals surface area contributed by atoms with Crippen molar-refractivity contribution in [1.29, 1.82) is 0 Å². The Kier molecular flexibility index (Phi) is 5.92. The van der Waals surface area contributed by atoms with Gasteiger partial charge in [0.15, 0.2) is 6.29 Å². The predicted octanol–water partition coefficient (Wildman–Crippen LogP) is -5.40. The molecule has 0 bridgehead atoms. The Morgan fingerprint density at radius 2 is 1.52 bits per heavy atom. The molecular weight excluding hydrogens is 320 g/mol. The maximum Gasteiger partial charge on any atom is 0.219 e. The summed E-state index contributed by atoms with van der Waals surface area (Å²) in [5.74, 6) is -2.34. The van der Waals surface area contributed by atoms with Crippen LogP contribution in [-0.2, 0) is 14.2 Å². The fourth-order valence-corrected chi connectivity index (χ4v) is 2.53. The first-order valence-corrected chi connectivity index (χ1v) is 7.04. The summed E-state index contributed by atoms with van der Waals surface area (Å²) in [4.78, 5) is 0. The van der Waals surface area contributed by atoms with Gasteiger partial charge in [0.05, 0.1) is 19.8 Å². The van der Waals surface area contributed by atoms with Gasteiger partial charge < -0.3 is 55.1 Å². The van der Waals surface area contributed by atoms with Crippen LogP contribution >= 0.6 is 0 Å². The van der Waals surface area contributed by atoms with Crippen molar-refractivity contribution in [3.63, 3.8) is 0 Å². The van der Waals surface area contributed by atoms with Crippen LogP contribution in [0.4, 0.5) is 0 Å². The Hall–Kier alpha value is -0.440. The molecule has 2 aliphatic rings. The summed E-state index contributed by atoms with van der Waals surface area (Å²) < 4.78 is 15.2. The Morgan fingerprint density at radius 3 is 2.04 bits per heavy atom. The molecule has 0 aromatic rings. The SMILES string of the molecule is OCC1O[C@H](OC[C@H]2O[C@](O)(CO)C(O)[C@H]2O)C(O)[C@@H](O)[C@@H]1O. The average Bonchev–Trinajstić information content (AvgIpc) is 2.77. The molecule has 0 radical (unpaired) electrons. The van der Waals surface area contributed by atoms with E-state index in [0.29, 0.717) is 0 Å². The zero-order valence-corrected chi connectivity index (χ0v) is 12.0. The van der Waals surface area contributed by atoms with Crippen LogP contribution in [-0.4, -0.2) is 115 Å². The van der Waals surface area contributed by atoms with Crippen LogP contribution in [0.5, 0.6) is 0 Å². The maximum atomic E-state index is 9.78. The predicted molar refractivity (Wildman–Crippen MR) is 68.6 cm³/mol. The van der Waals surface area contributed by atoms with E-state index in [0.717, 1.165) is 0 Å². The molecule has 2 heterocycles. The largest absolute Gasteiger partial charge is 0.394 e. The van der Waals surface area contributed by atoms with Crippen molar-refractivity contribution in [1.82, 2.24) is 0 Å². The highest BCUT2D eigenvalue weighted by Crippen LogP contribution is 2.30. The minimum absolute atomic E-state index is 0.469. The lowest BCUT2D eigenvalue weighted by molar-refractivity contribution is -0.310. The molecule has 8 N–H and O–H groups in total. The van der Waals surface area contributed by atoms with Gasteiger partial charge in [-0.2, -0.15) is 0 Å². The normalized spacial score (nSPS) is 51.1. The Labute approximate surface area is 130 Å². The zero-order valence-electron chi connectivity index (χ0n) is 12.0. The quantitative estimate of drug-likeness (QED) is 0.238. The third-order valence-corrected chi connectivity index (χ3v) is 4.02. The second-order valence-electron chi connectivity index (χ2n) is 5.63. The lowest BCUT2D eigenvalue weighted by Gasteiger charge is -2.39. The summed E-state index contributed by atoms with van der Waals surface area (Å²) >= 11 is 0. The van der Waals surface area contributed by atoms with Crippen LogP contribution in [0.25, 0.3) is 0 Å². The second-order valence-corrected chi connectivity index (χ2v) is 5.63. The standard InChI is InChI=1S/C12H22O11/c13-1-4-6(15)8(17)9(18)11(22-4)21-2-5-7(16)10(19)12(20,3-14)23-5/h4-11,13-20H,1-3H2/t4?,5-,6-,7+,8+,9?,10?,11+,12-/m1/s1. The number of hydrogen-bond acceptors (Lipinski definition) is 11. The van der Waals surface area contributed by atoms with E-state index in [-0.39, 0.29) is 0 Å². The van der Waals surface area contributed by atoms with Gasteiger partial charge in [0.1, 0.15) is 42.7 Å². The summed E-state index contributed by atoms with van der Waals surface area (Å²) in [7, 11) is 0. The van der Waals surface area contributed by atoms with Crippen molar-refractivity contribution in [3.05, 3.63) is 0 Å². The van der Waals surface area contributed by atoms with Crippen molar-refractivity contribution in [2.45, 2.75) is 54.8 Å². The summed E-state index contributed by atoms with van der Waals surface area (Å²) in [5, 5.41) is 76.1. The van der Waals surface area contributed by atoms with Crippen molar-refractivity contribution in [3.8, 4) is 0 Å². The fraction of sp³-hybridized carbons (Fsp3) is 1.00. The van der Waals surface area contributed by atoms with E-state index in [2.05, 4.69) is 0 Å². The molecule has 2 aliphatic heterocycles. The maximum absolute atomic E-state index is 9.78. The molecule has 11 nitrogen and oxygen atoms in total. The molecule has 2 fully saturated rings. The van der Waals surface area contributed by atoms with Gasteiger partial charge in [0.2, 0.25) is 5.79 Å². The van der Waals surface area contributed by atoms with E-state index >= 15 is 0 Å². The first kappa shape index (κ1) is 18.9. The lowest BCUT2D eigenvalue weighted by atomic mass is 9.99. The van der Waals surface area contributed by atoms with Gasteiger partial charge in [-0.25, -0.2) is 0 Å². The number of ether oxygens (including phenoxy) is 3. The molecule has 0 spiro atoms. The Balaban J connectivity index is 1.95. The van der Waals surface area contributed by atoms with E-state index in [9.17, 15) is 30.6 Å². The first-order chi connectivity index (χ1) is 10.7. The van der Waals surface area contributed by atoms with E-state index in [1.165, 1.54) is 0 Å². The minimum atomic E-state index is -2.34. The van der Waals surface area contributed by atoms with E-state index < -0.39 is 74.6 Å². The molecular formula is C12H22O11. The number of hydrogen-bond donors (Lipinski definition) is 8. The molecule has 136 valence electrons. The molecule has 3 unspecified atom stereocenters. The second kappa shape index (κ2) is 7.21. The highest BCUT2D eigenvalue weighted by atomic mass is 16.7. The lowest BCUT2D eigenvalue weighted by Crippen LogP contribution is -2.59. The zero-order chi connectivity index (χ0) is 17.4. The van der Waals surface area contributed by atoms with E-state index in [4.69, 9.17) is 24.4 Å². The molecule has 0 saturated carbocycles. The van der Waals surface area contributed by atoms with E-state index in [1.54, 1.807) is 0 Å². The monoisotopic (exact) mass is 342 g/mol. The Bertz CT molecular complexity index is 393. The van der Waals surface area contributed by atoms with Crippen LogP contribution in [0, 0.1) is 0 Å². The van der Waals surface area contributed by atoms with E-state index in [1.807, 2.05) is 0 Å². The average molecular weight is 342 g/mol. The van der Waals surface area contributed by atoms with Crippen LogP contribution in [0.3, 0.4) is 0 Å². The van der Waals surface area contributed by atoms with Gasteiger partial charge in [-0.1, -0.05) is 0 Å². The van der Waals surface area contributed by atoms with Crippen molar-refractivity contribution < 1.29 is 55.1 Å². The van der Waals surface area contributed by atoms with Gasteiger partial charge in [-0.3, -0.25) is 0 Å². The minimum Gasteiger partial charge on any atom is -0.394 e. The smallest absolute Gasteiger partial charge is 0.219 e. The van der Waals surface area contributed by atoms with Crippen molar-refractivity contribution >= 4 is 0 Å². The van der Waals surface area contributed by atoms with Crippen LogP contribution < -0.4 is 0 Å². The highest BCUT2D eigenvalue weighted by molar-refractivity contribution is 4.95. The summed E-state index contributed by atoms with van der Waals surface area (Å²) in [5.41, 5.74) is 0. The van der Waals surface area contributed by atoms with Gasteiger partial charge in [-0.15, -0.1) is 0 Å². The van der Waals surface area contributed by atoms with Crippen molar-refractivity contribution in [2.24, 2.45) is 0 Å². The number of rotatable bonds is 5. The topological polar surface area (TPSA) is 190 Å². The van der Waals surface area contributed by atoms with Gasteiger partial charge >= 0.3 is 0 Å². The number of aliphatic hydroxyl groups excluding tert-OH is 7. The third-order valence-electron chi connectivity index (χ3n) is 4.02. The molecule has 9 atom stereocenters. The fourth-order valence-electron chi connectivity index (χ4n) is 2.53. The molecule has 2 saturated heterocycles. The molecule has 0 amide bonds. The Morgan fingerprint density at radius 1 is 0.870 bits per heavy atom. The molecule has 11 heteroatoms. The van der Waals surface area contributed by atoms with Gasteiger partial charge in [-0.05, 0) is 0 Å². The molecule has 0 aliphatic carbocycles. The van der Waals surface area contributed by atoms with Crippen LogP contribution in [0.1, 0.15) is 0 Å². The first-order valence-electron chi connectivity index (χ1n) is 7.04. The van der Waals surface area contributed by atoms with Crippen molar-refractivity contribution in [2.75, 3.05) is 19.8 Å². The highest BCUT2D eigenvalue weighted by Gasteiger charge is 2.53. The summed E-state index contributed by atoms with van der Waals surface area (Å²) in [6, 6.07) is 0. The third kappa shape index (κ3) is 3.50. The molecule has 0 aromatic heterocycles.